The van der Waals surface area contributed by atoms with Crippen molar-refractivity contribution in [3.05, 3.63) is 52.8 Å². The van der Waals surface area contributed by atoms with Gasteiger partial charge < -0.3 is 15.5 Å². The SMILES string of the molecule is Cc1c(CC#N)cccc1[C@@H](C)Nc1nnc(C)c2cnc(N3CCNCC3)cc12. The number of aryl methyl sites for hydroxylation is 1. The van der Waals surface area contributed by atoms with E-state index in [0.29, 0.717) is 6.42 Å². The summed E-state index contributed by atoms with van der Waals surface area (Å²) in [6, 6.07) is 10.5. The molecule has 2 N–H and O–H groups in total. The van der Waals surface area contributed by atoms with Gasteiger partial charge in [0.1, 0.15) is 5.82 Å². The molecule has 7 nitrogen and oxygen atoms in total. The predicted octanol–water partition coefficient (Wildman–Crippen LogP) is 3.29. The lowest BCUT2D eigenvalue weighted by Gasteiger charge is -2.28. The molecule has 3 heterocycles. The van der Waals surface area contributed by atoms with E-state index >= 15 is 0 Å². The number of rotatable bonds is 5. The van der Waals surface area contributed by atoms with Crippen molar-refractivity contribution in [2.75, 3.05) is 36.4 Å². The maximum absolute atomic E-state index is 9.09. The van der Waals surface area contributed by atoms with Gasteiger partial charge in [0.05, 0.1) is 24.2 Å². The Labute approximate surface area is 177 Å². The van der Waals surface area contributed by atoms with Crippen LogP contribution in [0.5, 0.6) is 0 Å². The van der Waals surface area contributed by atoms with E-state index < -0.39 is 0 Å². The third-order valence-electron chi connectivity index (χ3n) is 5.85. The smallest absolute Gasteiger partial charge is 0.157 e. The molecular formula is C23H27N7. The zero-order valence-electron chi connectivity index (χ0n) is 17.7. The van der Waals surface area contributed by atoms with Crippen LogP contribution < -0.4 is 15.5 Å². The number of nitrogens with zero attached hydrogens (tertiary/aromatic N) is 5. The quantitative estimate of drug-likeness (QED) is 0.678. The summed E-state index contributed by atoms with van der Waals surface area (Å²) in [6.07, 6.45) is 2.32. The Kier molecular flexibility index (Phi) is 5.77. The summed E-state index contributed by atoms with van der Waals surface area (Å²) < 4.78 is 0. The minimum Gasteiger partial charge on any atom is -0.362 e. The van der Waals surface area contributed by atoms with Crippen LogP contribution in [-0.4, -0.2) is 41.4 Å². The molecule has 0 unspecified atom stereocenters. The number of hydrogen-bond acceptors (Lipinski definition) is 7. The number of piperazine rings is 1. The van der Waals surface area contributed by atoms with E-state index in [9.17, 15) is 0 Å². The molecule has 1 aromatic carbocycles. The number of fused-ring (bicyclic) bond motifs is 1. The fourth-order valence-corrected chi connectivity index (χ4v) is 4.07. The van der Waals surface area contributed by atoms with Crippen molar-refractivity contribution in [2.45, 2.75) is 33.2 Å². The van der Waals surface area contributed by atoms with E-state index in [1.807, 2.05) is 25.3 Å². The molecule has 0 spiro atoms. The maximum atomic E-state index is 9.09. The summed E-state index contributed by atoms with van der Waals surface area (Å²) in [7, 11) is 0. The summed E-state index contributed by atoms with van der Waals surface area (Å²) in [6.45, 7) is 9.97. The Morgan fingerprint density at radius 1 is 1.20 bits per heavy atom. The van der Waals surface area contributed by atoms with Crippen molar-refractivity contribution in [1.29, 1.82) is 5.26 Å². The topological polar surface area (TPSA) is 89.8 Å². The lowest BCUT2D eigenvalue weighted by Crippen LogP contribution is -2.43. The van der Waals surface area contributed by atoms with Gasteiger partial charge >= 0.3 is 0 Å². The van der Waals surface area contributed by atoms with Crippen LogP contribution >= 0.6 is 0 Å². The molecular weight excluding hydrogens is 374 g/mol. The Morgan fingerprint density at radius 3 is 2.77 bits per heavy atom. The van der Waals surface area contributed by atoms with Crippen LogP contribution in [0.4, 0.5) is 11.6 Å². The van der Waals surface area contributed by atoms with Crippen LogP contribution in [0.15, 0.2) is 30.5 Å². The van der Waals surface area contributed by atoms with Gasteiger partial charge in [-0.1, -0.05) is 18.2 Å². The summed E-state index contributed by atoms with van der Waals surface area (Å²) in [5, 5.41) is 26.9. The molecule has 0 saturated carbocycles. The Morgan fingerprint density at radius 2 is 2.00 bits per heavy atom. The van der Waals surface area contributed by atoms with Gasteiger partial charge in [0.15, 0.2) is 5.82 Å². The first-order valence-electron chi connectivity index (χ1n) is 10.4. The van der Waals surface area contributed by atoms with Gasteiger partial charge in [-0.3, -0.25) is 0 Å². The lowest BCUT2D eigenvalue weighted by atomic mass is 9.96. The van der Waals surface area contributed by atoms with Crippen LogP contribution in [0, 0.1) is 25.2 Å². The minimum atomic E-state index is 0.0275. The fourth-order valence-electron chi connectivity index (χ4n) is 4.07. The van der Waals surface area contributed by atoms with Gasteiger partial charge in [0.25, 0.3) is 0 Å². The highest BCUT2D eigenvalue weighted by atomic mass is 15.2. The molecule has 7 heteroatoms. The van der Waals surface area contributed by atoms with Gasteiger partial charge in [-0.05, 0) is 43.5 Å². The number of hydrogen-bond donors (Lipinski definition) is 2. The van der Waals surface area contributed by atoms with E-state index in [1.54, 1.807) is 0 Å². The molecule has 0 radical (unpaired) electrons. The van der Waals surface area contributed by atoms with Crippen molar-refractivity contribution in [1.82, 2.24) is 20.5 Å². The lowest BCUT2D eigenvalue weighted by molar-refractivity contribution is 0.585. The van der Waals surface area contributed by atoms with Crippen LogP contribution in [0.1, 0.15) is 35.3 Å². The number of aromatic nitrogens is 3. The molecule has 1 saturated heterocycles. The summed E-state index contributed by atoms with van der Waals surface area (Å²) in [5.41, 5.74) is 4.24. The summed E-state index contributed by atoms with van der Waals surface area (Å²) in [4.78, 5) is 6.99. The van der Waals surface area contributed by atoms with Crippen molar-refractivity contribution in [3.63, 3.8) is 0 Å². The van der Waals surface area contributed by atoms with Crippen LogP contribution in [-0.2, 0) is 6.42 Å². The van der Waals surface area contributed by atoms with E-state index in [4.69, 9.17) is 5.26 Å². The van der Waals surface area contributed by atoms with Crippen molar-refractivity contribution >= 4 is 22.4 Å². The summed E-state index contributed by atoms with van der Waals surface area (Å²) in [5.74, 6) is 1.73. The first-order valence-corrected chi connectivity index (χ1v) is 10.4. The average Bonchev–Trinajstić information content (AvgIpc) is 2.77. The molecule has 3 aromatic rings. The van der Waals surface area contributed by atoms with Crippen LogP contribution in [0.2, 0.25) is 0 Å². The second kappa shape index (κ2) is 8.64. The molecule has 154 valence electrons. The molecule has 1 aliphatic rings. The van der Waals surface area contributed by atoms with Crippen LogP contribution in [0.3, 0.4) is 0 Å². The van der Waals surface area contributed by atoms with Gasteiger partial charge in [0, 0.05) is 43.1 Å². The van der Waals surface area contributed by atoms with Gasteiger partial charge in [0.2, 0.25) is 0 Å². The van der Waals surface area contributed by atoms with Crippen LogP contribution in [0.25, 0.3) is 10.8 Å². The molecule has 0 bridgehead atoms. The largest absolute Gasteiger partial charge is 0.362 e. The zero-order chi connectivity index (χ0) is 21.1. The second-order valence-electron chi connectivity index (χ2n) is 7.79. The number of benzene rings is 1. The van der Waals surface area contributed by atoms with Crippen molar-refractivity contribution in [3.8, 4) is 6.07 Å². The normalized spacial score (nSPS) is 15.1. The average molecular weight is 402 g/mol. The summed E-state index contributed by atoms with van der Waals surface area (Å²) >= 11 is 0. The van der Waals surface area contributed by atoms with Crippen molar-refractivity contribution in [2.24, 2.45) is 0 Å². The fraction of sp³-hybridized carbons (Fsp3) is 0.391. The molecule has 0 amide bonds. The third-order valence-corrected chi connectivity index (χ3v) is 5.85. The first kappa shape index (κ1) is 20.0. The first-order chi connectivity index (χ1) is 14.6. The van der Waals surface area contributed by atoms with E-state index in [2.05, 4.69) is 62.8 Å². The number of pyridine rings is 1. The molecule has 1 atom stereocenters. The highest BCUT2D eigenvalue weighted by Gasteiger charge is 2.17. The third kappa shape index (κ3) is 3.91. The maximum Gasteiger partial charge on any atom is 0.157 e. The molecule has 2 aromatic heterocycles. The van der Waals surface area contributed by atoms with E-state index in [1.165, 1.54) is 0 Å². The molecule has 0 aliphatic carbocycles. The highest BCUT2D eigenvalue weighted by molar-refractivity contribution is 5.94. The molecule has 4 rings (SSSR count). The standard InChI is InChI=1S/C23H27N7/c1-15-18(7-8-24)5-4-6-19(15)16(2)27-23-20-13-22(30-11-9-25-10-12-30)26-14-21(20)17(3)28-29-23/h4-6,13-14,16,25H,7,9-12H2,1-3H3,(H,27,29)/t16-/m1/s1. The Hall–Kier alpha value is -3.24. The minimum absolute atomic E-state index is 0.0275. The predicted molar refractivity (Wildman–Crippen MR) is 120 cm³/mol. The Balaban J connectivity index is 1.69. The second-order valence-corrected chi connectivity index (χ2v) is 7.79. The number of nitrogens with one attached hydrogen (secondary N) is 2. The van der Waals surface area contributed by atoms with Gasteiger partial charge in [-0.15, -0.1) is 5.10 Å². The molecule has 1 aliphatic heterocycles. The monoisotopic (exact) mass is 401 g/mol. The Bertz CT molecular complexity index is 1100. The number of nitriles is 1. The zero-order valence-corrected chi connectivity index (χ0v) is 17.7. The van der Waals surface area contributed by atoms with Gasteiger partial charge in [-0.25, -0.2) is 4.98 Å². The van der Waals surface area contributed by atoms with Gasteiger partial charge in [-0.2, -0.15) is 10.4 Å². The molecule has 1 fully saturated rings. The highest BCUT2D eigenvalue weighted by Crippen LogP contribution is 2.30. The van der Waals surface area contributed by atoms with Crippen molar-refractivity contribution < 1.29 is 0 Å². The van der Waals surface area contributed by atoms with E-state index in [0.717, 1.165) is 71.0 Å². The molecule has 30 heavy (non-hydrogen) atoms. The number of anilines is 2. The van der Waals surface area contributed by atoms with E-state index in [-0.39, 0.29) is 6.04 Å².